The minimum atomic E-state index is -0.994. The highest BCUT2D eigenvalue weighted by atomic mass is 35.5. The van der Waals surface area contributed by atoms with Crippen LogP contribution in [0.4, 0.5) is 5.69 Å². The van der Waals surface area contributed by atoms with Crippen molar-refractivity contribution in [2.24, 2.45) is 0 Å². The van der Waals surface area contributed by atoms with Crippen LogP contribution in [0.3, 0.4) is 0 Å². The van der Waals surface area contributed by atoms with Crippen molar-refractivity contribution in [2.45, 2.75) is 13.8 Å². The number of carbonyl (C=O) groups is 2. The number of anilines is 1. The van der Waals surface area contributed by atoms with Crippen molar-refractivity contribution in [1.29, 1.82) is 0 Å². The Bertz CT molecular complexity index is 725. The van der Waals surface area contributed by atoms with Crippen molar-refractivity contribution in [3.05, 3.63) is 63.7 Å². The zero-order valence-corrected chi connectivity index (χ0v) is 12.4. The first-order valence-corrected chi connectivity index (χ1v) is 6.67. The maximum Gasteiger partial charge on any atom is 0.335 e. The van der Waals surface area contributed by atoms with E-state index in [1.54, 1.807) is 37.3 Å². The predicted octanol–water partition coefficient (Wildman–Crippen LogP) is 3.91. The Morgan fingerprint density at radius 3 is 2.29 bits per heavy atom. The number of aryl methyl sites for hydroxylation is 2. The lowest BCUT2D eigenvalue weighted by Gasteiger charge is -2.09. The van der Waals surface area contributed by atoms with Crippen molar-refractivity contribution < 1.29 is 14.7 Å². The molecule has 0 saturated carbocycles. The predicted molar refractivity (Wildman–Crippen MR) is 82.3 cm³/mol. The maximum absolute atomic E-state index is 12.2. The van der Waals surface area contributed by atoms with Crippen LogP contribution < -0.4 is 5.32 Å². The van der Waals surface area contributed by atoms with Gasteiger partial charge in [-0.15, -0.1) is 0 Å². The molecule has 2 rings (SSSR count). The molecule has 108 valence electrons. The minimum Gasteiger partial charge on any atom is -0.478 e. The van der Waals surface area contributed by atoms with E-state index in [4.69, 9.17) is 16.7 Å². The zero-order valence-electron chi connectivity index (χ0n) is 11.6. The smallest absolute Gasteiger partial charge is 0.335 e. The number of nitrogens with one attached hydrogen (secondary N) is 1. The molecule has 0 aromatic heterocycles. The van der Waals surface area contributed by atoms with Crippen LogP contribution >= 0.6 is 11.6 Å². The minimum absolute atomic E-state index is 0.210. The summed E-state index contributed by atoms with van der Waals surface area (Å²) in [5, 5.41) is 12.1. The molecular weight excluding hydrogens is 290 g/mol. The Labute approximate surface area is 127 Å². The molecule has 2 N–H and O–H groups in total. The van der Waals surface area contributed by atoms with Crippen LogP contribution in [0.2, 0.25) is 5.02 Å². The third kappa shape index (κ3) is 3.41. The van der Waals surface area contributed by atoms with Gasteiger partial charge in [0, 0.05) is 5.69 Å². The Kier molecular flexibility index (Phi) is 4.29. The number of amides is 1. The monoisotopic (exact) mass is 303 g/mol. The molecule has 1 amide bonds. The Morgan fingerprint density at radius 1 is 1.05 bits per heavy atom. The fraction of sp³-hybridized carbons (Fsp3) is 0.125. The van der Waals surface area contributed by atoms with Gasteiger partial charge in [-0.1, -0.05) is 17.7 Å². The van der Waals surface area contributed by atoms with Gasteiger partial charge in [-0.25, -0.2) is 4.79 Å². The average Bonchev–Trinajstić information content (AvgIpc) is 2.37. The number of carboxylic acids is 1. The van der Waals surface area contributed by atoms with E-state index in [-0.39, 0.29) is 11.5 Å². The molecule has 0 unspecified atom stereocenters. The highest BCUT2D eigenvalue weighted by Gasteiger charge is 2.12. The van der Waals surface area contributed by atoms with Crippen LogP contribution in [0, 0.1) is 13.8 Å². The van der Waals surface area contributed by atoms with Crippen LogP contribution in [0.25, 0.3) is 0 Å². The quantitative estimate of drug-likeness (QED) is 0.903. The number of halogens is 1. The molecule has 2 aromatic carbocycles. The number of benzene rings is 2. The van der Waals surface area contributed by atoms with Crippen molar-refractivity contribution in [3.63, 3.8) is 0 Å². The number of hydrogen-bond donors (Lipinski definition) is 2. The number of hydrogen-bond acceptors (Lipinski definition) is 2. The SMILES string of the molecule is Cc1ccc(C(=O)Nc2ccc(C(=O)O)c(C)c2)c(Cl)c1. The summed E-state index contributed by atoms with van der Waals surface area (Å²) in [5.41, 5.74) is 2.66. The molecule has 0 radical (unpaired) electrons. The van der Waals surface area contributed by atoms with Crippen LogP contribution in [0.15, 0.2) is 36.4 Å². The van der Waals surface area contributed by atoms with E-state index in [9.17, 15) is 9.59 Å². The van der Waals surface area contributed by atoms with Gasteiger partial charge in [0.15, 0.2) is 0 Å². The Balaban J connectivity index is 2.23. The van der Waals surface area contributed by atoms with Gasteiger partial charge < -0.3 is 10.4 Å². The van der Waals surface area contributed by atoms with Gasteiger partial charge >= 0.3 is 5.97 Å². The lowest BCUT2D eigenvalue weighted by atomic mass is 10.1. The molecule has 0 atom stereocenters. The molecular formula is C16H14ClNO3. The summed E-state index contributed by atoms with van der Waals surface area (Å²) >= 11 is 6.05. The average molecular weight is 304 g/mol. The number of aromatic carboxylic acids is 1. The first-order chi connectivity index (χ1) is 9.88. The molecule has 4 nitrogen and oxygen atoms in total. The fourth-order valence-corrected chi connectivity index (χ4v) is 2.31. The van der Waals surface area contributed by atoms with Crippen LogP contribution in [-0.2, 0) is 0 Å². The van der Waals surface area contributed by atoms with Crippen LogP contribution in [0.5, 0.6) is 0 Å². The zero-order chi connectivity index (χ0) is 15.6. The van der Waals surface area contributed by atoms with Gasteiger partial charge in [0.05, 0.1) is 16.1 Å². The summed E-state index contributed by atoms with van der Waals surface area (Å²) < 4.78 is 0. The van der Waals surface area contributed by atoms with E-state index in [0.717, 1.165) is 5.56 Å². The second-order valence-electron chi connectivity index (χ2n) is 4.77. The van der Waals surface area contributed by atoms with Gasteiger partial charge in [-0.05, 0) is 55.3 Å². The van der Waals surface area contributed by atoms with Gasteiger partial charge in [-0.2, -0.15) is 0 Å². The highest BCUT2D eigenvalue weighted by molar-refractivity contribution is 6.34. The first-order valence-electron chi connectivity index (χ1n) is 6.30. The first kappa shape index (κ1) is 15.1. The fourth-order valence-electron chi connectivity index (χ4n) is 1.98. The number of rotatable bonds is 3. The molecule has 0 aliphatic carbocycles. The maximum atomic E-state index is 12.2. The molecule has 2 aromatic rings. The normalized spacial score (nSPS) is 10.2. The van der Waals surface area contributed by atoms with Crippen molar-refractivity contribution in [3.8, 4) is 0 Å². The Hall–Kier alpha value is -2.33. The highest BCUT2D eigenvalue weighted by Crippen LogP contribution is 2.20. The summed E-state index contributed by atoms with van der Waals surface area (Å²) in [6.45, 7) is 3.57. The van der Waals surface area contributed by atoms with E-state index < -0.39 is 5.97 Å². The standard InChI is InChI=1S/C16H14ClNO3/c1-9-3-5-13(14(17)7-9)15(19)18-11-4-6-12(16(20)21)10(2)8-11/h3-8H,1-2H3,(H,18,19)(H,20,21). The summed E-state index contributed by atoms with van der Waals surface area (Å²) in [6.07, 6.45) is 0. The molecule has 21 heavy (non-hydrogen) atoms. The molecule has 0 saturated heterocycles. The summed E-state index contributed by atoms with van der Waals surface area (Å²) in [6, 6.07) is 9.81. The largest absolute Gasteiger partial charge is 0.478 e. The van der Waals surface area contributed by atoms with Crippen molar-refractivity contribution in [1.82, 2.24) is 0 Å². The summed E-state index contributed by atoms with van der Waals surface area (Å²) in [5.74, 6) is -1.32. The van der Waals surface area contributed by atoms with E-state index >= 15 is 0 Å². The summed E-state index contributed by atoms with van der Waals surface area (Å²) in [7, 11) is 0. The number of carbonyl (C=O) groups excluding carboxylic acids is 1. The van der Waals surface area contributed by atoms with Crippen LogP contribution in [0.1, 0.15) is 31.8 Å². The molecule has 5 heteroatoms. The summed E-state index contributed by atoms with van der Waals surface area (Å²) in [4.78, 5) is 23.1. The molecule has 0 spiro atoms. The third-order valence-electron chi connectivity index (χ3n) is 3.08. The van der Waals surface area contributed by atoms with Crippen molar-refractivity contribution >= 4 is 29.2 Å². The second kappa shape index (κ2) is 5.97. The molecule has 0 aliphatic rings. The second-order valence-corrected chi connectivity index (χ2v) is 5.18. The van der Waals surface area contributed by atoms with Gasteiger partial charge in [0.25, 0.3) is 5.91 Å². The Morgan fingerprint density at radius 2 is 1.71 bits per heavy atom. The van der Waals surface area contributed by atoms with Gasteiger partial charge in [0.1, 0.15) is 0 Å². The third-order valence-corrected chi connectivity index (χ3v) is 3.40. The molecule has 0 aliphatic heterocycles. The van der Waals surface area contributed by atoms with Crippen molar-refractivity contribution in [2.75, 3.05) is 5.32 Å². The van der Waals surface area contributed by atoms with E-state index in [2.05, 4.69) is 5.32 Å². The molecule has 0 bridgehead atoms. The van der Waals surface area contributed by atoms with Gasteiger partial charge in [-0.3, -0.25) is 4.79 Å². The van der Waals surface area contributed by atoms with E-state index in [1.165, 1.54) is 6.07 Å². The van der Waals surface area contributed by atoms with E-state index in [0.29, 0.717) is 21.8 Å². The lowest BCUT2D eigenvalue weighted by Crippen LogP contribution is -2.13. The van der Waals surface area contributed by atoms with E-state index in [1.807, 2.05) is 6.92 Å². The molecule has 0 fully saturated rings. The number of carboxylic acid groups (broad SMARTS) is 1. The van der Waals surface area contributed by atoms with Gasteiger partial charge in [0.2, 0.25) is 0 Å². The topological polar surface area (TPSA) is 66.4 Å². The van der Waals surface area contributed by atoms with Crippen LogP contribution in [-0.4, -0.2) is 17.0 Å². The lowest BCUT2D eigenvalue weighted by molar-refractivity contribution is 0.0696. The molecule has 0 heterocycles.